The Morgan fingerprint density at radius 3 is 2.44 bits per heavy atom. The van der Waals surface area contributed by atoms with E-state index in [0.29, 0.717) is 16.4 Å². The number of nitrogens with two attached hydrogens (primary N) is 1. The highest BCUT2D eigenvalue weighted by molar-refractivity contribution is 6.30. The molecule has 0 spiro atoms. The Morgan fingerprint density at radius 2 is 1.85 bits per heavy atom. The van der Waals surface area contributed by atoms with Gasteiger partial charge in [0.05, 0.1) is 13.7 Å². The van der Waals surface area contributed by atoms with Gasteiger partial charge in [0.1, 0.15) is 12.3 Å². The van der Waals surface area contributed by atoms with Gasteiger partial charge >= 0.3 is 5.69 Å². The second-order valence-corrected chi connectivity index (χ2v) is 6.21. The number of benzene rings is 2. The van der Waals surface area contributed by atoms with Crippen molar-refractivity contribution >= 4 is 17.5 Å². The van der Waals surface area contributed by atoms with Crippen LogP contribution in [0, 0.1) is 0 Å². The number of aromatic nitrogens is 3. The number of hydrazine groups is 1. The van der Waals surface area contributed by atoms with E-state index in [9.17, 15) is 9.59 Å². The summed E-state index contributed by atoms with van der Waals surface area (Å²) in [7, 11) is 1.59. The van der Waals surface area contributed by atoms with Crippen molar-refractivity contribution in [2.75, 3.05) is 7.11 Å². The smallest absolute Gasteiger partial charge is 0.347 e. The van der Waals surface area contributed by atoms with Crippen molar-refractivity contribution in [1.82, 2.24) is 19.8 Å². The predicted octanol–water partition coefficient (Wildman–Crippen LogP) is 1.41. The van der Waals surface area contributed by atoms with Gasteiger partial charge in [-0.05, 0) is 42.0 Å². The first kappa shape index (κ1) is 18.7. The Balaban J connectivity index is 2.04. The Hall–Kier alpha value is -3.10. The standard InChI is InChI=1S/C18H18ClN5O3/c1-27-15-8-2-12(3-9-15)10-23-17(13-4-6-14(19)7-5-13)22-24(18(23)26)11-16(25)21-20/h2-9H,10-11,20H2,1H3,(H,21,25). The zero-order valence-electron chi connectivity index (χ0n) is 14.6. The Morgan fingerprint density at radius 1 is 1.19 bits per heavy atom. The number of nitrogens with zero attached hydrogens (tertiary/aromatic N) is 3. The molecule has 1 aromatic heterocycles. The van der Waals surface area contributed by atoms with E-state index in [1.807, 2.05) is 29.7 Å². The van der Waals surface area contributed by atoms with Gasteiger partial charge < -0.3 is 4.74 Å². The molecule has 3 rings (SSSR count). The van der Waals surface area contributed by atoms with Crippen LogP contribution in [0.3, 0.4) is 0 Å². The molecular formula is C18H18ClN5O3. The maximum atomic E-state index is 12.8. The van der Waals surface area contributed by atoms with Crippen molar-refractivity contribution in [3.8, 4) is 17.1 Å². The van der Waals surface area contributed by atoms with Crippen LogP contribution in [0.25, 0.3) is 11.4 Å². The van der Waals surface area contributed by atoms with Crippen LogP contribution in [-0.2, 0) is 17.9 Å². The highest BCUT2D eigenvalue weighted by Crippen LogP contribution is 2.20. The number of ether oxygens (including phenoxy) is 1. The molecule has 9 heteroatoms. The minimum absolute atomic E-state index is 0.272. The van der Waals surface area contributed by atoms with Crippen LogP contribution in [0.15, 0.2) is 53.3 Å². The monoisotopic (exact) mass is 387 g/mol. The second-order valence-electron chi connectivity index (χ2n) is 5.77. The average Bonchev–Trinajstić information content (AvgIpc) is 2.98. The first-order chi connectivity index (χ1) is 13.0. The molecule has 0 aliphatic carbocycles. The third-order valence-corrected chi connectivity index (χ3v) is 4.23. The van der Waals surface area contributed by atoms with E-state index >= 15 is 0 Å². The molecule has 3 N–H and O–H groups in total. The number of hydrogen-bond donors (Lipinski definition) is 2. The molecule has 2 aromatic carbocycles. The lowest BCUT2D eigenvalue weighted by atomic mass is 10.2. The fourth-order valence-corrected chi connectivity index (χ4v) is 2.72. The van der Waals surface area contributed by atoms with Crippen molar-refractivity contribution in [3.63, 3.8) is 0 Å². The fourth-order valence-electron chi connectivity index (χ4n) is 2.59. The van der Waals surface area contributed by atoms with Crippen LogP contribution < -0.4 is 21.7 Å². The first-order valence-electron chi connectivity index (χ1n) is 8.08. The summed E-state index contributed by atoms with van der Waals surface area (Å²) in [6.07, 6.45) is 0. The van der Waals surface area contributed by atoms with Crippen LogP contribution in [0.1, 0.15) is 5.56 Å². The molecule has 3 aromatic rings. The van der Waals surface area contributed by atoms with E-state index < -0.39 is 11.6 Å². The molecule has 27 heavy (non-hydrogen) atoms. The van der Waals surface area contributed by atoms with Crippen molar-refractivity contribution in [2.24, 2.45) is 5.84 Å². The van der Waals surface area contributed by atoms with Crippen molar-refractivity contribution in [3.05, 3.63) is 69.6 Å². The first-order valence-corrected chi connectivity index (χ1v) is 8.45. The second kappa shape index (κ2) is 8.07. The molecule has 8 nitrogen and oxygen atoms in total. The Bertz CT molecular complexity index is 993. The summed E-state index contributed by atoms with van der Waals surface area (Å²) < 4.78 is 7.73. The molecule has 0 fully saturated rings. The van der Waals surface area contributed by atoms with E-state index in [1.54, 1.807) is 31.4 Å². The molecular weight excluding hydrogens is 370 g/mol. The number of carbonyl (C=O) groups is 1. The predicted molar refractivity (Wildman–Crippen MR) is 101 cm³/mol. The molecule has 0 bridgehead atoms. The maximum absolute atomic E-state index is 12.8. The van der Waals surface area contributed by atoms with Gasteiger partial charge in [-0.2, -0.15) is 0 Å². The van der Waals surface area contributed by atoms with Crippen LogP contribution in [-0.4, -0.2) is 27.4 Å². The lowest BCUT2D eigenvalue weighted by molar-refractivity contribution is -0.121. The molecule has 1 heterocycles. The number of amides is 1. The average molecular weight is 388 g/mol. The van der Waals surface area contributed by atoms with Gasteiger partial charge in [-0.3, -0.25) is 14.8 Å². The zero-order chi connectivity index (χ0) is 19.4. The summed E-state index contributed by atoms with van der Waals surface area (Å²) in [5.41, 5.74) is 3.17. The highest BCUT2D eigenvalue weighted by Gasteiger charge is 2.17. The summed E-state index contributed by atoms with van der Waals surface area (Å²) in [4.78, 5) is 24.4. The Kier molecular flexibility index (Phi) is 5.58. The highest BCUT2D eigenvalue weighted by atomic mass is 35.5. The van der Waals surface area contributed by atoms with E-state index in [0.717, 1.165) is 16.0 Å². The third kappa shape index (κ3) is 4.18. The van der Waals surface area contributed by atoms with E-state index in [1.165, 1.54) is 4.57 Å². The Labute approximate surface area is 160 Å². The van der Waals surface area contributed by atoms with E-state index in [-0.39, 0.29) is 13.1 Å². The van der Waals surface area contributed by atoms with Gasteiger partial charge in [0.15, 0.2) is 5.82 Å². The quantitative estimate of drug-likeness (QED) is 0.378. The number of carbonyl (C=O) groups excluding carboxylic acids is 1. The summed E-state index contributed by atoms with van der Waals surface area (Å²) in [6, 6.07) is 14.3. The van der Waals surface area contributed by atoms with Gasteiger partial charge in [-0.1, -0.05) is 23.7 Å². The summed E-state index contributed by atoms with van der Waals surface area (Å²) in [5, 5.41) is 4.88. The van der Waals surface area contributed by atoms with Gasteiger partial charge in [-0.15, -0.1) is 5.10 Å². The van der Waals surface area contributed by atoms with Gasteiger partial charge in [0, 0.05) is 10.6 Å². The van der Waals surface area contributed by atoms with Gasteiger partial charge in [-0.25, -0.2) is 15.3 Å². The number of nitrogens with one attached hydrogen (secondary N) is 1. The molecule has 0 unspecified atom stereocenters. The van der Waals surface area contributed by atoms with Crippen LogP contribution >= 0.6 is 11.6 Å². The molecule has 0 saturated carbocycles. The molecule has 0 aliphatic heterocycles. The third-order valence-electron chi connectivity index (χ3n) is 3.98. The number of halogens is 1. The van der Waals surface area contributed by atoms with Crippen LogP contribution in [0.4, 0.5) is 0 Å². The lowest BCUT2D eigenvalue weighted by Gasteiger charge is -2.07. The SMILES string of the molecule is COc1ccc(Cn2c(-c3ccc(Cl)cc3)nn(CC(=O)NN)c2=O)cc1. The molecule has 1 amide bonds. The fraction of sp³-hybridized carbons (Fsp3) is 0.167. The normalized spacial score (nSPS) is 10.6. The van der Waals surface area contributed by atoms with Gasteiger partial charge in [0.2, 0.25) is 0 Å². The molecule has 0 aliphatic rings. The maximum Gasteiger partial charge on any atom is 0.347 e. The van der Waals surface area contributed by atoms with Crippen molar-refractivity contribution in [1.29, 1.82) is 0 Å². The summed E-state index contributed by atoms with van der Waals surface area (Å²) >= 11 is 5.95. The van der Waals surface area contributed by atoms with E-state index in [4.69, 9.17) is 22.2 Å². The number of rotatable bonds is 6. The van der Waals surface area contributed by atoms with Crippen molar-refractivity contribution in [2.45, 2.75) is 13.1 Å². The molecule has 140 valence electrons. The lowest BCUT2D eigenvalue weighted by Crippen LogP contribution is -2.37. The molecule has 0 atom stereocenters. The molecule has 0 radical (unpaired) electrons. The summed E-state index contributed by atoms with van der Waals surface area (Å²) in [5.74, 6) is 5.75. The van der Waals surface area contributed by atoms with Gasteiger partial charge in [0.25, 0.3) is 5.91 Å². The number of methoxy groups -OCH3 is 1. The number of hydrogen-bond acceptors (Lipinski definition) is 5. The van der Waals surface area contributed by atoms with Crippen LogP contribution in [0.5, 0.6) is 5.75 Å². The largest absolute Gasteiger partial charge is 0.497 e. The molecule has 0 saturated heterocycles. The van der Waals surface area contributed by atoms with E-state index in [2.05, 4.69) is 5.10 Å². The summed E-state index contributed by atoms with van der Waals surface area (Å²) in [6.45, 7) is 0.0105. The van der Waals surface area contributed by atoms with Crippen molar-refractivity contribution < 1.29 is 9.53 Å². The zero-order valence-corrected chi connectivity index (χ0v) is 15.3. The van der Waals surface area contributed by atoms with Crippen LogP contribution in [0.2, 0.25) is 5.02 Å². The minimum atomic E-state index is -0.520. The minimum Gasteiger partial charge on any atom is -0.497 e. The topological polar surface area (TPSA) is 104 Å².